The van der Waals surface area contributed by atoms with Gasteiger partial charge in [-0.1, -0.05) is 13.3 Å². The molecule has 1 N–H and O–H groups in total. The molecule has 0 spiro atoms. The smallest absolute Gasteiger partial charge is 0.318 e. The highest BCUT2D eigenvalue weighted by molar-refractivity contribution is 5.75. The molecule has 1 fully saturated rings. The molecule has 21 heavy (non-hydrogen) atoms. The number of methoxy groups -OCH3 is 1. The summed E-state index contributed by atoms with van der Waals surface area (Å²) in [6.07, 6.45) is 5.66. The second-order valence-electron chi connectivity index (χ2n) is 5.66. The molecule has 1 aromatic rings. The third kappa shape index (κ3) is 3.53. The number of aromatic nitrogens is 3. The van der Waals surface area contributed by atoms with Crippen molar-refractivity contribution in [2.75, 3.05) is 20.3 Å². The van der Waals surface area contributed by atoms with Gasteiger partial charge in [0.05, 0.1) is 18.7 Å². The van der Waals surface area contributed by atoms with Crippen LogP contribution >= 0.6 is 0 Å². The lowest BCUT2D eigenvalue weighted by Gasteiger charge is -2.38. The number of carbonyl (C=O) groups is 1. The lowest BCUT2D eigenvalue weighted by atomic mass is 9.91. The van der Waals surface area contributed by atoms with E-state index < -0.39 is 0 Å². The summed E-state index contributed by atoms with van der Waals surface area (Å²) in [4.78, 5) is 18.5. The van der Waals surface area contributed by atoms with E-state index in [0.29, 0.717) is 19.0 Å². The molecule has 118 valence electrons. The quantitative estimate of drug-likeness (QED) is 0.859. The van der Waals surface area contributed by atoms with Gasteiger partial charge in [0.2, 0.25) is 0 Å². The summed E-state index contributed by atoms with van der Waals surface area (Å²) in [6, 6.07) is -0.0505. The summed E-state index contributed by atoms with van der Waals surface area (Å²) in [5.41, 5.74) is -0.162. The monoisotopic (exact) mass is 295 g/mol. The number of amides is 2. The van der Waals surface area contributed by atoms with Gasteiger partial charge in [-0.3, -0.25) is 4.68 Å². The molecule has 2 rings (SSSR count). The molecule has 0 aliphatic carbocycles. The number of urea groups is 1. The highest BCUT2D eigenvalue weighted by Gasteiger charge is 2.42. The van der Waals surface area contributed by atoms with Gasteiger partial charge in [-0.05, 0) is 19.3 Å². The molecule has 1 aliphatic heterocycles. The Morgan fingerprint density at radius 3 is 3.00 bits per heavy atom. The van der Waals surface area contributed by atoms with Crippen molar-refractivity contribution in [3.63, 3.8) is 0 Å². The van der Waals surface area contributed by atoms with Crippen LogP contribution in [0.25, 0.3) is 0 Å². The Hall–Kier alpha value is -1.63. The van der Waals surface area contributed by atoms with E-state index in [0.717, 1.165) is 32.2 Å². The molecule has 2 amide bonds. The maximum atomic E-state index is 12.5. The number of hydrogen-bond acceptors (Lipinski definition) is 4. The van der Waals surface area contributed by atoms with E-state index in [4.69, 9.17) is 4.74 Å². The molecule has 0 bridgehead atoms. The number of rotatable bonds is 6. The number of hydrogen-bond donors (Lipinski definition) is 1. The van der Waals surface area contributed by atoms with Crippen LogP contribution in [0.2, 0.25) is 0 Å². The summed E-state index contributed by atoms with van der Waals surface area (Å²) in [6.45, 7) is 3.87. The van der Waals surface area contributed by atoms with E-state index in [1.807, 2.05) is 11.9 Å². The Bertz CT molecular complexity index is 468. The zero-order valence-electron chi connectivity index (χ0n) is 13.1. The van der Waals surface area contributed by atoms with E-state index in [-0.39, 0.29) is 11.6 Å². The van der Waals surface area contributed by atoms with Crippen LogP contribution in [0.4, 0.5) is 4.79 Å². The van der Waals surface area contributed by atoms with Crippen LogP contribution in [0, 0.1) is 0 Å². The fraction of sp³-hybridized carbons (Fsp3) is 0.786. The second kappa shape index (κ2) is 6.89. The van der Waals surface area contributed by atoms with Gasteiger partial charge >= 0.3 is 6.03 Å². The third-order valence-corrected chi connectivity index (χ3v) is 4.01. The van der Waals surface area contributed by atoms with E-state index in [1.54, 1.807) is 18.1 Å². The fourth-order valence-corrected chi connectivity index (χ4v) is 3.19. The minimum Gasteiger partial charge on any atom is -0.382 e. The molecular formula is C14H25N5O2. The topological polar surface area (TPSA) is 72.3 Å². The van der Waals surface area contributed by atoms with Gasteiger partial charge in [-0.15, -0.1) is 0 Å². The standard InChI is InChI=1S/C14H25N5O2/c1-4-6-14(10-21-3)7-5-8-19(14)13(20)15-9-12-16-11-18(2)17-12/h11H,4-10H2,1-3H3,(H,15,20)/t14-/m0/s1. The first-order valence-electron chi connectivity index (χ1n) is 7.50. The highest BCUT2D eigenvalue weighted by atomic mass is 16.5. The van der Waals surface area contributed by atoms with Crippen molar-refractivity contribution in [2.24, 2.45) is 7.05 Å². The van der Waals surface area contributed by atoms with Crippen LogP contribution in [0.1, 0.15) is 38.4 Å². The predicted octanol–water partition coefficient (Wildman–Crippen LogP) is 1.31. The second-order valence-corrected chi connectivity index (χ2v) is 5.66. The Labute approximate surface area is 125 Å². The highest BCUT2D eigenvalue weighted by Crippen LogP contribution is 2.33. The first-order chi connectivity index (χ1) is 10.1. The molecule has 1 aliphatic rings. The lowest BCUT2D eigenvalue weighted by Crippen LogP contribution is -2.53. The SMILES string of the molecule is CCC[C@@]1(COC)CCCN1C(=O)NCc1ncn(C)n1. The average molecular weight is 295 g/mol. The molecular weight excluding hydrogens is 270 g/mol. The molecule has 1 aromatic heterocycles. The first kappa shape index (κ1) is 15.8. The van der Waals surface area contributed by atoms with Crippen molar-refractivity contribution in [2.45, 2.75) is 44.7 Å². The Morgan fingerprint density at radius 1 is 1.57 bits per heavy atom. The fourth-order valence-electron chi connectivity index (χ4n) is 3.19. The van der Waals surface area contributed by atoms with E-state index in [9.17, 15) is 4.79 Å². The number of ether oxygens (including phenoxy) is 1. The molecule has 7 heteroatoms. The van der Waals surface area contributed by atoms with Crippen LogP contribution in [-0.2, 0) is 18.3 Å². The van der Waals surface area contributed by atoms with Crippen molar-refractivity contribution < 1.29 is 9.53 Å². The van der Waals surface area contributed by atoms with Crippen LogP contribution in [0.15, 0.2) is 6.33 Å². The molecule has 1 saturated heterocycles. The summed E-state index contributed by atoms with van der Waals surface area (Å²) < 4.78 is 7.01. The normalized spacial score (nSPS) is 21.8. The van der Waals surface area contributed by atoms with Crippen LogP contribution < -0.4 is 5.32 Å². The van der Waals surface area contributed by atoms with E-state index in [2.05, 4.69) is 22.3 Å². The van der Waals surface area contributed by atoms with Crippen molar-refractivity contribution >= 4 is 6.03 Å². The van der Waals surface area contributed by atoms with Gasteiger partial charge in [-0.25, -0.2) is 9.78 Å². The molecule has 0 saturated carbocycles. The predicted molar refractivity (Wildman–Crippen MR) is 78.7 cm³/mol. The Kier molecular flexibility index (Phi) is 5.17. The molecule has 2 heterocycles. The van der Waals surface area contributed by atoms with Gasteiger partial charge in [0.1, 0.15) is 6.33 Å². The minimum absolute atomic E-state index is 0.0505. The zero-order chi connectivity index (χ0) is 15.3. The number of nitrogens with one attached hydrogen (secondary N) is 1. The number of carbonyl (C=O) groups excluding carboxylic acids is 1. The number of likely N-dealkylation sites (tertiary alicyclic amines) is 1. The summed E-state index contributed by atoms with van der Waals surface area (Å²) >= 11 is 0. The van der Waals surface area contributed by atoms with Gasteiger partial charge in [0, 0.05) is 20.7 Å². The minimum atomic E-state index is -0.162. The molecule has 1 atom stereocenters. The maximum absolute atomic E-state index is 12.5. The van der Waals surface area contributed by atoms with Gasteiger partial charge < -0.3 is 15.0 Å². The number of nitrogens with zero attached hydrogens (tertiary/aromatic N) is 4. The molecule has 0 unspecified atom stereocenters. The maximum Gasteiger partial charge on any atom is 0.318 e. The Balaban J connectivity index is 1.99. The van der Waals surface area contributed by atoms with E-state index >= 15 is 0 Å². The van der Waals surface area contributed by atoms with Crippen molar-refractivity contribution in [1.82, 2.24) is 25.0 Å². The van der Waals surface area contributed by atoms with Crippen LogP contribution in [0.3, 0.4) is 0 Å². The van der Waals surface area contributed by atoms with Crippen LogP contribution in [0.5, 0.6) is 0 Å². The van der Waals surface area contributed by atoms with Crippen LogP contribution in [-0.4, -0.2) is 51.5 Å². The van der Waals surface area contributed by atoms with Crippen molar-refractivity contribution in [1.29, 1.82) is 0 Å². The van der Waals surface area contributed by atoms with Gasteiger partial charge in [0.25, 0.3) is 0 Å². The van der Waals surface area contributed by atoms with Crippen molar-refractivity contribution in [3.05, 3.63) is 12.2 Å². The molecule has 0 aromatic carbocycles. The summed E-state index contributed by atoms with van der Waals surface area (Å²) in [5.74, 6) is 0.623. The molecule has 7 nitrogen and oxygen atoms in total. The summed E-state index contributed by atoms with van der Waals surface area (Å²) in [7, 11) is 3.51. The summed E-state index contributed by atoms with van der Waals surface area (Å²) in [5, 5.41) is 7.08. The number of aryl methyl sites for hydroxylation is 1. The third-order valence-electron chi connectivity index (χ3n) is 4.01. The largest absolute Gasteiger partial charge is 0.382 e. The molecule has 0 radical (unpaired) electrons. The average Bonchev–Trinajstić information content (AvgIpc) is 3.04. The van der Waals surface area contributed by atoms with Crippen molar-refractivity contribution in [3.8, 4) is 0 Å². The van der Waals surface area contributed by atoms with Gasteiger partial charge in [-0.2, -0.15) is 5.10 Å². The van der Waals surface area contributed by atoms with Gasteiger partial charge in [0.15, 0.2) is 5.82 Å². The van der Waals surface area contributed by atoms with E-state index in [1.165, 1.54) is 0 Å². The Morgan fingerprint density at radius 2 is 2.38 bits per heavy atom. The lowest BCUT2D eigenvalue weighted by molar-refractivity contribution is 0.0500. The first-order valence-corrected chi connectivity index (χ1v) is 7.50. The zero-order valence-corrected chi connectivity index (χ0v) is 13.1.